The molecule has 1 aromatic heterocycles. The van der Waals surface area contributed by atoms with E-state index in [9.17, 15) is 0 Å². The second kappa shape index (κ2) is 4.82. The van der Waals surface area contributed by atoms with Gasteiger partial charge in [-0.15, -0.1) is 0 Å². The Morgan fingerprint density at radius 3 is 2.41 bits per heavy atom. The molecular weight excluding hydrogens is 212 g/mol. The van der Waals surface area contributed by atoms with Crippen molar-refractivity contribution in [1.29, 1.82) is 0 Å². The van der Waals surface area contributed by atoms with Crippen LogP contribution < -0.4 is 10.2 Å². The van der Waals surface area contributed by atoms with Crippen LogP contribution in [0.2, 0.25) is 0 Å². The van der Waals surface area contributed by atoms with Crippen LogP contribution in [-0.2, 0) is 0 Å². The van der Waals surface area contributed by atoms with Gasteiger partial charge in [-0.25, -0.2) is 4.98 Å². The van der Waals surface area contributed by atoms with Gasteiger partial charge in [0.25, 0.3) is 0 Å². The van der Waals surface area contributed by atoms with Crippen molar-refractivity contribution in [1.82, 2.24) is 9.97 Å². The fourth-order valence-corrected chi connectivity index (χ4v) is 1.49. The first-order valence-corrected chi connectivity index (χ1v) is 5.50. The van der Waals surface area contributed by atoms with Crippen LogP contribution in [0.15, 0.2) is 36.4 Å². The van der Waals surface area contributed by atoms with Crippen molar-refractivity contribution in [2.45, 2.75) is 6.92 Å². The molecule has 0 aliphatic carbocycles. The molecule has 0 saturated carbocycles. The van der Waals surface area contributed by atoms with Crippen molar-refractivity contribution in [3.63, 3.8) is 0 Å². The SMILES string of the molecule is Cc1cc(N(C)C)nc(Nc2ccccc2)n1. The van der Waals surface area contributed by atoms with Gasteiger partial charge in [0, 0.05) is 31.5 Å². The Hall–Kier alpha value is -2.10. The molecule has 0 amide bonds. The number of hydrogen-bond donors (Lipinski definition) is 1. The van der Waals surface area contributed by atoms with Gasteiger partial charge in [0.2, 0.25) is 5.95 Å². The van der Waals surface area contributed by atoms with E-state index in [4.69, 9.17) is 0 Å². The van der Waals surface area contributed by atoms with Crippen molar-refractivity contribution < 1.29 is 0 Å². The molecule has 1 N–H and O–H groups in total. The summed E-state index contributed by atoms with van der Waals surface area (Å²) in [7, 11) is 3.93. The highest BCUT2D eigenvalue weighted by molar-refractivity contribution is 5.55. The summed E-state index contributed by atoms with van der Waals surface area (Å²) in [6.45, 7) is 1.96. The Balaban J connectivity index is 2.27. The van der Waals surface area contributed by atoms with E-state index in [0.29, 0.717) is 5.95 Å². The fourth-order valence-electron chi connectivity index (χ4n) is 1.49. The quantitative estimate of drug-likeness (QED) is 0.876. The van der Waals surface area contributed by atoms with Crippen LogP contribution in [0, 0.1) is 6.92 Å². The standard InChI is InChI=1S/C13H16N4/c1-10-9-12(17(2)3)16-13(14-10)15-11-7-5-4-6-8-11/h4-9H,1-3H3,(H,14,15,16). The Morgan fingerprint density at radius 2 is 1.76 bits per heavy atom. The summed E-state index contributed by atoms with van der Waals surface area (Å²) in [5.74, 6) is 1.52. The van der Waals surface area contributed by atoms with Crippen molar-refractivity contribution in [3.8, 4) is 0 Å². The van der Waals surface area contributed by atoms with Gasteiger partial charge in [-0.1, -0.05) is 18.2 Å². The average Bonchev–Trinajstić information content (AvgIpc) is 2.29. The molecule has 4 heteroatoms. The second-order valence-electron chi connectivity index (χ2n) is 4.08. The highest BCUT2D eigenvalue weighted by atomic mass is 15.2. The van der Waals surface area contributed by atoms with Crippen LogP contribution in [0.3, 0.4) is 0 Å². The molecule has 2 rings (SSSR count). The zero-order valence-electron chi connectivity index (χ0n) is 10.3. The minimum atomic E-state index is 0.625. The lowest BCUT2D eigenvalue weighted by Crippen LogP contribution is -2.12. The summed E-state index contributed by atoms with van der Waals surface area (Å²) < 4.78 is 0. The van der Waals surface area contributed by atoms with E-state index >= 15 is 0 Å². The maximum atomic E-state index is 4.43. The van der Waals surface area contributed by atoms with Gasteiger partial charge in [0.05, 0.1) is 0 Å². The largest absolute Gasteiger partial charge is 0.363 e. The molecule has 0 aliphatic heterocycles. The maximum absolute atomic E-state index is 4.43. The Kier molecular flexibility index (Phi) is 3.23. The van der Waals surface area contributed by atoms with Gasteiger partial charge < -0.3 is 10.2 Å². The first-order chi connectivity index (χ1) is 8.15. The molecular formula is C13H16N4. The molecule has 0 unspecified atom stereocenters. The zero-order valence-corrected chi connectivity index (χ0v) is 10.3. The predicted octanol–water partition coefficient (Wildman–Crippen LogP) is 2.59. The van der Waals surface area contributed by atoms with E-state index in [1.165, 1.54) is 0 Å². The fraction of sp³-hybridized carbons (Fsp3) is 0.231. The molecule has 88 valence electrons. The maximum Gasteiger partial charge on any atom is 0.229 e. The van der Waals surface area contributed by atoms with E-state index in [0.717, 1.165) is 17.2 Å². The third kappa shape index (κ3) is 2.93. The number of hydrogen-bond acceptors (Lipinski definition) is 4. The Morgan fingerprint density at radius 1 is 1.06 bits per heavy atom. The smallest absolute Gasteiger partial charge is 0.229 e. The van der Waals surface area contributed by atoms with Crippen molar-refractivity contribution >= 4 is 17.5 Å². The highest BCUT2D eigenvalue weighted by Crippen LogP contribution is 2.16. The van der Waals surface area contributed by atoms with Gasteiger partial charge in [-0.3, -0.25) is 0 Å². The predicted molar refractivity (Wildman–Crippen MR) is 70.8 cm³/mol. The topological polar surface area (TPSA) is 41.1 Å². The van der Waals surface area contributed by atoms with Crippen LogP contribution in [-0.4, -0.2) is 24.1 Å². The van der Waals surface area contributed by atoms with E-state index in [2.05, 4.69) is 15.3 Å². The molecule has 4 nitrogen and oxygen atoms in total. The molecule has 0 saturated heterocycles. The molecule has 0 spiro atoms. The van der Waals surface area contributed by atoms with Crippen molar-refractivity contribution in [3.05, 3.63) is 42.1 Å². The molecule has 0 fully saturated rings. The molecule has 1 heterocycles. The highest BCUT2D eigenvalue weighted by Gasteiger charge is 2.03. The molecule has 0 bridgehead atoms. The number of aryl methyl sites for hydroxylation is 1. The molecule has 0 aliphatic rings. The van der Waals surface area contributed by atoms with Crippen LogP contribution >= 0.6 is 0 Å². The minimum absolute atomic E-state index is 0.625. The monoisotopic (exact) mass is 228 g/mol. The van der Waals surface area contributed by atoms with Crippen LogP contribution in [0.5, 0.6) is 0 Å². The van der Waals surface area contributed by atoms with E-state index in [-0.39, 0.29) is 0 Å². The van der Waals surface area contributed by atoms with Crippen LogP contribution in [0.4, 0.5) is 17.5 Å². The summed E-state index contributed by atoms with van der Waals surface area (Å²) in [6.07, 6.45) is 0. The van der Waals surface area contributed by atoms with E-state index in [1.807, 2.05) is 62.3 Å². The van der Waals surface area contributed by atoms with Crippen molar-refractivity contribution in [2.24, 2.45) is 0 Å². The van der Waals surface area contributed by atoms with Crippen molar-refractivity contribution in [2.75, 3.05) is 24.3 Å². The number of para-hydroxylation sites is 1. The van der Waals surface area contributed by atoms with Gasteiger partial charge in [-0.05, 0) is 19.1 Å². The van der Waals surface area contributed by atoms with E-state index in [1.54, 1.807) is 0 Å². The molecule has 0 atom stereocenters. The number of benzene rings is 1. The number of rotatable bonds is 3. The van der Waals surface area contributed by atoms with Gasteiger partial charge in [-0.2, -0.15) is 4.98 Å². The summed E-state index contributed by atoms with van der Waals surface area (Å²) in [5, 5.41) is 3.19. The third-order valence-corrected chi connectivity index (χ3v) is 2.33. The first kappa shape index (κ1) is 11.4. The van der Waals surface area contributed by atoms with Gasteiger partial charge >= 0.3 is 0 Å². The lowest BCUT2D eigenvalue weighted by molar-refractivity contribution is 1.02. The number of nitrogens with one attached hydrogen (secondary N) is 1. The molecule has 17 heavy (non-hydrogen) atoms. The zero-order chi connectivity index (χ0) is 12.3. The molecule has 2 aromatic rings. The lowest BCUT2D eigenvalue weighted by Gasteiger charge is -2.13. The number of anilines is 3. The number of aromatic nitrogens is 2. The number of nitrogens with zero attached hydrogens (tertiary/aromatic N) is 3. The molecule has 0 radical (unpaired) electrons. The average molecular weight is 228 g/mol. The normalized spacial score (nSPS) is 10.1. The summed E-state index contributed by atoms with van der Waals surface area (Å²) >= 11 is 0. The summed E-state index contributed by atoms with van der Waals surface area (Å²) in [6, 6.07) is 11.9. The second-order valence-corrected chi connectivity index (χ2v) is 4.08. The Labute approximate surface area is 101 Å². The lowest BCUT2D eigenvalue weighted by atomic mass is 10.3. The van der Waals surface area contributed by atoms with Crippen LogP contribution in [0.1, 0.15) is 5.69 Å². The van der Waals surface area contributed by atoms with Crippen LogP contribution in [0.25, 0.3) is 0 Å². The molecule has 1 aromatic carbocycles. The van der Waals surface area contributed by atoms with E-state index < -0.39 is 0 Å². The first-order valence-electron chi connectivity index (χ1n) is 5.50. The minimum Gasteiger partial charge on any atom is -0.363 e. The summed E-state index contributed by atoms with van der Waals surface area (Å²) in [5.41, 5.74) is 1.94. The third-order valence-electron chi connectivity index (χ3n) is 2.33. The van der Waals surface area contributed by atoms with Gasteiger partial charge in [0.15, 0.2) is 0 Å². The Bertz CT molecular complexity index is 494. The van der Waals surface area contributed by atoms with Gasteiger partial charge in [0.1, 0.15) is 5.82 Å². The summed E-state index contributed by atoms with van der Waals surface area (Å²) in [4.78, 5) is 10.8.